The molecule has 0 saturated carbocycles. The third kappa shape index (κ3) is 6.29. The molecule has 16 heteroatoms. The van der Waals surface area contributed by atoms with Gasteiger partial charge in [-0.05, 0) is 35.9 Å². The van der Waals surface area contributed by atoms with Crippen molar-refractivity contribution in [1.29, 1.82) is 0 Å². The number of carbonyl (C=O) groups excluding carboxylic acids is 1. The molecular weight excluding hydrogens is 556 g/mol. The quantitative estimate of drug-likeness (QED) is 0.355. The van der Waals surface area contributed by atoms with E-state index in [0.717, 1.165) is 17.2 Å². The van der Waals surface area contributed by atoms with Crippen molar-refractivity contribution in [1.82, 2.24) is 19.1 Å². The first-order valence-electron chi connectivity index (χ1n) is 11.1. The van der Waals surface area contributed by atoms with Gasteiger partial charge in [-0.3, -0.25) is 4.79 Å². The van der Waals surface area contributed by atoms with Crippen molar-refractivity contribution in [3.63, 3.8) is 0 Å². The van der Waals surface area contributed by atoms with Gasteiger partial charge < -0.3 is 10.5 Å². The zero-order chi connectivity index (χ0) is 28.6. The van der Waals surface area contributed by atoms with Crippen LogP contribution in [0.1, 0.15) is 16.7 Å². The summed E-state index contributed by atoms with van der Waals surface area (Å²) < 4.78 is 113. The van der Waals surface area contributed by atoms with Crippen molar-refractivity contribution in [2.45, 2.75) is 17.2 Å². The van der Waals surface area contributed by atoms with E-state index in [-0.39, 0.29) is 48.4 Å². The summed E-state index contributed by atoms with van der Waals surface area (Å²) in [6.07, 6.45) is -8.16. The highest BCUT2D eigenvalue weighted by molar-refractivity contribution is 7.89. The molecule has 1 saturated heterocycles. The number of sulfonamides is 1. The van der Waals surface area contributed by atoms with E-state index in [0.29, 0.717) is 12.1 Å². The Morgan fingerprint density at radius 2 is 1.59 bits per heavy atom. The molecule has 4 rings (SSSR count). The smallest absolute Gasteiger partial charge is 0.379 e. The van der Waals surface area contributed by atoms with Crippen molar-refractivity contribution in [3.8, 4) is 11.4 Å². The second-order valence-electron chi connectivity index (χ2n) is 8.29. The molecule has 1 aliphatic rings. The molecule has 2 heterocycles. The lowest BCUT2D eigenvalue weighted by atomic mass is 10.0. The Bertz CT molecular complexity index is 1490. The van der Waals surface area contributed by atoms with E-state index in [1.54, 1.807) is 0 Å². The summed E-state index contributed by atoms with van der Waals surface area (Å²) in [4.78, 5) is 15.9. The summed E-state index contributed by atoms with van der Waals surface area (Å²) in [6.45, 7) is 0.712. The van der Waals surface area contributed by atoms with Crippen LogP contribution in [0.15, 0.2) is 53.7 Å². The number of benzene rings is 2. The average Bonchev–Trinajstić information content (AvgIpc) is 3.35. The predicted molar refractivity (Wildman–Crippen MR) is 125 cm³/mol. The molecule has 1 amide bonds. The summed E-state index contributed by atoms with van der Waals surface area (Å²) in [7, 11) is -3.93. The van der Waals surface area contributed by atoms with E-state index < -0.39 is 50.8 Å². The number of alkyl halides is 6. The van der Waals surface area contributed by atoms with Crippen LogP contribution in [0, 0.1) is 0 Å². The monoisotopic (exact) mass is 575 g/mol. The van der Waals surface area contributed by atoms with Crippen LogP contribution in [0.25, 0.3) is 23.2 Å². The molecule has 0 spiro atoms. The van der Waals surface area contributed by atoms with Crippen LogP contribution in [0.2, 0.25) is 0 Å². The number of morpholine rings is 1. The lowest BCUT2D eigenvalue weighted by Gasteiger charge is -2.26. The van der Waals surface area contributed by atoms with Crippen LogP contribution in [-0.2, 0) is 31.9 Å². The molecule has 9 nitrogen and oxygen atoms in total. The van der Waals surface area contributed by atoms with Gasteiger partial charge in [0.15, 0.2) is 5.82 Å². The summed E-state index contributed by atoms with van der Waals surface area (Å²) in [5.74, 6) is -1.50. The fraction of sp³-hybridized carbons (Fsp3) is 0.261. The number of hydrogen-bond donors (Lipinski definition) is 1. The predicted octanol–water partition coefficient (Wildman–Crippen LogP) is 3.49. The maximum atomic E-state index is 13.2. The van der Waals surface area contributed by atoms with E-state index in [1.807, 2.05) is 0 Å². The summed E-state index contributed by atoms with van der Waals surface area (Å²) >= 11 is 0. The number of hydrogen-bond acceptors (Lipinski definition) is 6. The summed E-state index contributed by atoms with van der Waals surface area (Å²) in [6, 6.07) is 6.22. The molecule has 0 aliphatic carbocycles. The Hall–Kier alpha value is -3.76. The molecule has 1 aliphatic heterocycles. The first-order chi connectivity index (χ1) is 18.2. The Morgan fingerprint density at radius 1 is 0.974 bits per heavy atom. The first-order valence-corrected chi connectivity index (χ1v) is 12.5. The lowest BCUT2D eigenvalue weighted by molar-refractivity contribution is -0.143. The van der Waals surface area contributed by atoms with Crippen molar-refractivity contribution < 1.29 is 44.3 Å². The summed E-state index contributed by atoms with van der Waals surface area (Å²) in [5, 5.41) is 3.87. The Kier molecular flexibility index (Phi) is 7.55. The molecule has 0 bridgehead atoms. The topological polar surface area (TPSA) is 120 Å². The minimum Gasteiger partial charge on any atom is -0.379 e. The van der Waals surface area contributed by atoms with Crippen LogP contribution >= 0.6 is 0 Å². The van der Waals surface area contributed by atoms with Gasteiger partial charge in [-0.25, -0.2) is 18.1 Å². The van der Waals surface area contributed by atoms with Gasteiger partial charge >= 0.3 is 12.4 Å². The molecule has 208 valence electrons. The Labute approximate surface area is 217 Å². The lowest BCUT2D eigenvalue weighted by Crippen LogP contribution is -2.40. The van der Waals surface area contributed by atoms with E-state index in [9.17, 15) is 39.6 Å². The Balaban J connectivity index is 1.72. The van der Waals surface area contributed by atoms with Gasteiger partial charge in [-0.1, -0.05) is 12.1 Å². The molecule has 0 atom stereocenters. The third-order valence-electron chi connectivity index (χ3n) is 5.63. The van der Waals surface area contributed by atoms with Gasteiger partial charge in [0.2, 0.25) is 10.0 Å². The first kappa shape index (κ1) is 28.3. The standard InChI is InChI=1S/C23H19F6N5O4S/c24-22(25,26)16-8-15(9-17(11-16)23(27,28)29)21-31-13-33(32-21)12-19(20(30)35)14-2-1-3-18(10-14)39(36,37)34-4-6-38-7-5-34/h1-3,8-13H,4-7H2,(H2,30,35)/b19-12+. The number of nitrogens with zero attached hydrogens (tertiary/aromatic N) is 4. The highest BCUT2D eigenvalue weighted by atomic mass is 32.2. The average molecular weight is 575 g/mol. The van der Waals surface area contributed by atoms with Crippen LogP contribution in [-0.4, -0.2) is 59.7 Å². The second kappa shape index (κ2) is 10.4. The van der Waals surface area contributed by atoms with Gasteiger partial charge in [-0.15, -0.1) is 5.10 Å². The number of aromatic nitrogens is 3. The Morgan fingerprint density at radius 3 is 2.15 bits per heavy atom. The SMILES string of the molecule is NC(=O)/C(=C/n1cnc(-c2cc(C(F)(F)F)cc(C(F)(F)F)c2)n1)c1cccc(S(=O)(=O)N2CCOCC2)c1. The molecule has 0 radical (unpaired) electrons. The van der Waals surface area contributed by atoms with Crippen molar-refractivity contribution in [3.05, 3.63) is 65.5 Å². The van der Waals surface area contributed by atoms with Gasteiger partial charge in [0.25, 0.3) is 5.91 Å². The number of halogens is 6. The second-order valence-corrected chi connectivity index (χ2v) is 10.2. The fourth-order valence-electron chi connectivity index (χ4n) is 3.73. The number of primary amides is 1. The van der Waals surface area contributed by atoms with Crippen molar-refractivity contribution in [2.75, 3.05) is 26.3 Å². The van der Waals surface area contributed by atoms with Crippen LogP contribution in [0.4, 0.5) is 26.3 Å². The highest BCUT2D eigenvalue weighted by Gasteiger charge is 2.37. The van der Waals surface area contributed by atoms with Gasteiger partial charge in [0.05, 0.1) is 34.8 Å². The minimum atomic E-state index is -5.07. The largest absolute Gasteiger partial charge is 0.416 e. The van der Waals surface area contributed by atoms with E-state index >= 15 is 0 Å². The maximum absolute atomic E-state index is 13.2. The fourth-order valence-corrected chi connectivity index (χ4v) is 5.18. The van der Waals surface area contributed by atoms with Crippen molar-refractivity contribution in [2.24, 2.45) is 5.73 Å². The molecule has 0 unspecified atom stereocenters. The molecule has 3 aromatic rings. The maximum Gasteiger partial charge on any atom is 0.416 e. The van der Waals surface area contributed by atoms with Crippen molar-refractivity contribution >= 4 is 27.7 Å². The van der Waals surface area contributed by atoms with Gasteiger partial charge in [-0.2, -0.15) is 30.6 Å². The van der Waals surface area contributed by atoms with Crippen LogP contribution in [0.3, 0.4) is 0 Å². The molecule has 39 heavy (non-hydrogen) atoms. The zero-order valence-electron chi connectivity index (χ0n) is 19.7. The minimum absolute atomic E-state index is 0.0243. The van der Waals surface area contributed by atoms with Crippen LogP contribution < -0.4 is 5.73 Å². The number of nitrogens with two attached hydrogens (primary N) is 1. The number of rotatable bonds is 6. The molecule has 2 aromatic carbocycles. The molecule has 1 aromatic heterocycles. The number of amides is 1. The normalized spacial score (nSPS) is 15.9. The van der Waals surface area contributed by atoms with Crippen LogP contribution in [0.5, 0.6) is 0 Å². The number of carbonyl (C=O) groups is 1. The van der Waals surface area contributed by atoms with E-state index in [4.69, 9.17) is 10.5 Å². The summed E-state index contributed by atoms with van der Waals surface area (Å²) in [5.41, 5.74) is 1.65. The van der Waals surface area contributed by atoms with Gasteiger partial charge in [0, 0.05) is 24.9 Å². The third-order valence-corrected chi connectivity index (χ3v) is 7.53. The van der Waals surface area contributed by atoms with E-state index in [2.05, 4.69) is 10.1 Å². The van der Waals surface area contributed by atoms with E-state index in [1.165, 1.54) is 28.6 Å². The molecular formula is C23H19F6N5O4S. The zero-order valence-corrected chi connectivity index (χ0v) is 20.5. The number of ether oxygens (including phenoxy) is 1. The van der Waals surface area contributed by atoms with Gasteiger partial charge in [0.1, 0.15) is 6.33 Å². The highest BCUT2D eigenvalue weighted by Crippen LogP contribution is 2.38. The molecule has 2 N–H and O–H groups in total. The molecule has 1 fully saturated rings.